The third-order valence-corrected chi connectivity index (χ3v) is 6.00. The van der Waals surface area contributed by atoms with Crippen molar-refractivity contribution in [3.05, 3.63) is 42.4 Å². The molecule has 0 atom stereocenters. The van der Waals surface area contributed by atoms with Gasteiger partial charge in [-0.2, -0.15) is 10.4 Å². The minimum Gasteiger partial charge on any atom is -0.495 e. The molecule has 0 aromatic carbocycles. The summed E-state index contributed by atoms with van der Waals surface area (Å²) in [5.74, 6) is 1.56. The number of aromatic nitrogens is 3. The van der Waals surface area contributed by atoms with E-state index in [1.807, 2.05) is 24.4 Å². The van der Waals surface area contributed by atoms with Gasteiger partial charge in [0.05, 0.1) is 36.6 Å². The van der Waals surface area contributed by atoms with E-state index in [0.717, 1.165) is 48.4 Å². The molecule has 0 saturated carbocycles. The first-order valence-electron chi connectivity index (χ1n) is 9.71. The summed E-state index contributed by atoms with van der Waals surface area (Å²) in [5.41, 5.74) is 2.98. The Balaban J connectivity index is 1.60. The van der Waals surface area contributed by atoms with Gasteiger partial charge in [-0.25, -0.2) is 13.9 Å². The van der Waals surface area contributed by atoms with Crippen molar-refractivity contribution in [3.63, 3.8) is 0 Å². The van der Waals surface area contributed by atoms with E-state index in [-0.39, 0.29) is 6.04 Å². The maximum Gasteiger partial charge on any atom is 0.137 e. The van der Waals surface area contributed by atoms with Crippen molar-refractivity contribution in [2.75, 3.05) is 37.6 Å². The van der Waals surface area contributed by atoms with Crippen molar-refractivity contribution < 1.29 is 8.95 Å². The number of nitriles is 1. The third kappa shape index (κ3) is 4.09. The summed E-state index contributed by atoms with van der Waals surface area (Å²) in [4.78, 5) is 6.89. The van der Waals surface area contributed by atoms with E-state index < -0.39 is 9.73 Å². The average Bonchev–Trinajstić information content (AvgIpc) is 3.16. The SMILES string of the molecule is COc1cc(-c2ccc(N3CCC(N=S(C)(C)=O)CC3)nc2)c2c(C#N)cnn2c1. The molecule has 156 valence electrons. The van der Waals surface area contributed by atoms with Crippen LogP contribution in [-0.4, -0.2) is 57.6 Å². The summed E-state index contributed by atoms with van der Waals surface area (Å²) in [5, 5.41) is 13.7. The monoisotopic (exact) mass is 424 g/mol. The van der Waals surface area contributed by atoms with Gasteiger partial charge in [-0.1, -0.05) is 0 Å². The van der Waals surface area contributed by atoms with Gasteiger partial charge < -0.3 is 9.64 Å². The molecule has 0 aliphatic carbocycles. The Labute approximate surface area is 176 Å². The van der Waals surface area contributed by atoms with E-state index in [1.54, 1.807) is 36.5 Å². The normalized spacial score (nSPS) is 15.2. The molecule has 1 aliphatic heterocycles. The van der Waals surface area contributed by atoms with Crippen LogP contribution in [0.3, 0.4) is 0 Å². The third-order valence-electron chi connectivity index (χ3n) is 5.19. The summed E-state index contributed by atoms with van der Waals surface area (Å²) in [6.45, 7) is 1.67. The van der Waals surface area contributed by atoms with Crippen LogP contribution in [0.1, 0.15) is 18.4 Å². The Morgan fingerprint density at radius 1 is 1.27 bits per heavy atom. The highest BCUT2D eigenvalue weighted by atomic mass is 32.2. The van der Waals surface area contributed by atoms with Crippen molar-refractivity contribution >= 4 is 21.1 Å². The second-order valence-electron chi connectivity index (χ2n) is 7.67. The number of hydrogen-bond acceptors (Lipinski definition) is 7. The molecule has 3 aromatic rings. The Morgan fingerprint density at radius 2 is 2.03 bits per heavy atom. The molecular weight excluding hydrogens is 400 g/mol. The molecule has 1 saturated heterocycles. The van der Waals surface area contributed by atoms with Crippen LogP contribution in [0.15, 0.2) is 41.2 Å². The second-order valence-corrected chi connectivity index (χ2v) is 10.2. The Kier molecular flexibility index (Phi) is 5.35. The lowest BCUT2D eigenvalue weighted by atomic mass is 10.0. The van der Waals surface area contributed by atoms with Crippen LogP contribution < -0.4 is 9.64 Å². The quantitative estimate of drug-likeness (QED) is 0.639. The highest BCUT2D eigenvalue weighted by Gasteiger charge is 2.21. The van der Waals surface area contributed by atoms with Gasteiger partial charge >= 0.3 is 0 Å². The van der Waals surface area contributed by atoms with Crippen molar-refractivity contribution in [3.8, 4) is 22.9 Å². The van der Waals surface area contributed by atoms with Crippen LogP contribution in [0.4, 0.5) is 5.82 Å². The summed E-state index contributed by atoms with van der Waals surface area (Å²) in [6, 6.07) is 8.25. The predicted octanol–water partition coefficient (Wildman–Crippen LogP) is 2.97. The molecule has 0 amide bonds. The van der Waals surface area contributed by atoms with Gasteiger partial charge in [0.1, 0.15) is 17.6 Å². The Morgan fingerprint density at radius 3 is 2.63 bits per heavy atom. The van der Waals surface area contributed by atoms with Gasteiger partial charge in [0.15, 0.2) is 0 Å². The number of piperidine rings is 1. The largest absolute Gasteiger partial charge is 0.495 e. The zero-order chi connectivity index (χ0) is 21.3. The van der Waals surface area contributed by atoms with Crippen LogP contribution in [0.5, 0.6) is 5.75 Å². The molecule has 8 nitrogen and oxygen atoms in total. The maximum atomic E-state index is 11.9. The summed E-state index contributed by atoms with van der Waals surface area (Å²) < 4.78 is 23.4. The van der Waals surface area contributed by atoms with Crippen molar-refractivity contribution in [1.82, 2.24) is 14.6 Å². The number of hydrogen-bond donors (Lipinski definition) is 0. The fourth-order valence-electron chi connectivity index (χ4n) is 3.80. The molecule has 0 radical (unpaired) electrons. The molecule has 0 unspecified atom stereocenters. The highest BCUT2D eigenvalue weighted by Crippen LogP contribution is 2.31. The van der Waals surface area contributed by atoms with Crippen LogP contribution >= 0.6 is 0 Å². The molecule has 0 spiro atoms. The number of anilines is 1. The van der Waals surface area contributed by atoms with E-state index in [9.17, 15) is 9.47 Å². The summed E-state index contributed by atoms with van der Waals surface area (Å²) in [6.07, 6.45) is 10.3. The molecule has 4 rings (SSSR count). The molecule has 0 N–H and O–H groups in total. The number of fused-ring (bicyclic) bond motifs is 1. The minimum absolute atomic E-state index is 0.152. The molecule has 9 heteroatoms. The highest BCUT2D eigenvalue weighted by molar-refractivity contribution is 7.92. The van der Waals surface area contributed by atoms with Gasteiger partial charge in [-0.3, -0.25) is 4.21 Å². The molecule has 1 aliphatic rings. The summed E-state index contributed by atoms with van der Waals surface area (Å²) >= 11 is 0. The second kappa shape index (κ2) is 7.95. The Bertz CT molecular complexity index is 1220. The van der Waals surface area contributed by atoms with Gasteiger partial charge in [0.25, 0.3) is 0 Å². The van der Waals surface area contributed by atoms with Crippen LogP contribution in [0.2, 0.25) is 0 Å². The van der Waals surface area contributed by atoms with E-state index in [2.05, 4.69) is 25.4 Å². The van der Waals surface area contributed by atoms with Crippen LogP contribution in [-0.2, 0) is 9.73 Å². The topological polar surface area (TPSA) is 95.9 Å². The molecular formula is C21H24N6O2S. The first-order valence-corrected chi connectivity index (χ1v) is 12.0. The number of methoxy groups -OCH3 is 1. The van der Waals surface area contributed by atoms with Crippen molar-refractivity contribution in [2.45, 2.75) is 18.9 Å². The lowest BCUT2D eigenvalue weighted by molar-refractivity contribution is 0.412. The first kappa shape index (κ1) is 20.2. The standard InChI is InChI=1S/C21H24N6O2S/c1-29-18-10-19(21-16(11-22)13-24-27(21)14-18)15-4-5-20(23-12-15)26-8-6-17(7-9-26)25-30(2,3)28/h4-5,10,12-14,17H,6-9H2,1-3H3. The fraction of sp³-hybridized carbons (Fsp3) is 0.381. The minimum atomic E-state index is -2.07. The molecule has 0 bridgehead atoms. The van der Waals surface area contributed by atoms with Gasteiger partial charge in [-0.15, -0.1) is 0 Å². The lowest BCUT2D eigenvalue weighted by Crippen LogP contribution is -2.36. The van der Waals surface area contributed by atoms with E-state index in [0.29, 0.717) is 11.3 Å². The fourth-order valence-corrected chi connectivity index (χ4v) is 4.73. The lowest BCUT2D eigenvalue weighted by Gasteiger charge is -2.31. The van der Waals surface area contributed by atoms with Crippen LogP contribution in [0, 0.1) is 11.3 Å². The molecule has 30 heavy (non-hydrogen) atoms. The average molecular weight is 425 g/mol. The summed E-state index contributed by atoms with van der Waals surface area (Å²) in [7, 11) is -0.463. The van der Waals surface area contributed by atoms with E-state index >= 15 is 0 Å². The number of pyridine rings is 2. The molecule has 4 heterocycles. The maximum absolute atomic E-state index is 11.9. The van der Waals surface area contributed by atoms with Gasteiger partial charge in [0, 0.05) is 52.7 Å². The van der Waals surface area contributed by atoms with E-state index in [4.69, 9.17) is 4.74 Å². The van der Waals surface area contributed by atoms with Crippen molar-refractivity contribution in [1.29, 1.82) is 5.26 Å². The van der Waals surface area contributed by atoms with E-state index in [1.165, 1.54) is 0 Å². The molecule has 1 fully saturated rings. The van der Waals surface area contributed by atoms with Crippen molar-refractivity contribution in [2.24, 2.45) is 4.36 Å². The smallest absolute Gasteiger partial charge is 0.137 e. The molecule has 3 aromatic heterocycles. The Hall–Kier alpha value is -3.12. The van der Waals surface area contributed by atoms with Gasteiger partial charge in [-0.05, 0) is 31.0 Å². The van der Waals surface area contributed by atoms with Gasteiger partial charge in [0.2, 0.25) is 0 Å². The number of ether oxygens (including phenoxy) is 1. The predicted molar refractivity (Wildman–Crippen MR) is 117 cm³/mol. The zero-order valence-electron chi connectivity index (χ0n) is 17.3. The zero-order valence-corrected chi connectivity index (χ0v) is 18.1. The van der Waals surface area contributed by atoms with Crippen LogP contribution in [0.25, 0.3) is 16.6 Å². The number of rotatable bonds is 4. The number of nitrogens with zero attached hydrogens (tertiary/aromatic N) is 6. The first-order chi connectivity index (χ1) is 14.4.